The molecule has 1 aromatic rings. The molecule has 7 nitrogen and oxygen atoms in total. The van der Waals surface area contributed by atoms with Crippen molar-refractivity contribution in [2.75, 3.05) is 19.7 Å². The van der Waals surface area contributed by atoms with Crippen molar-refractivity contribution in [3.8, 4) is 0 Å². The largest absolute Gasteiger partial charge is 0.376 e. The highest BCUT2D eigenvalue weighted by Gasteiger charge is 2.23. The van der Waals surface area contributed by atoms with E-state index >= 15 is 0 Å². The highest BCUT2D eigenvalue weighted by molar-refractivity contribution is 5.88. The fourth-order valence-corrected chi connectivity index (χ4v) is 2.20. The Morgan fingerprint density at radius 3 is 3.00 bits per heavy atom. The zero-order valence-corrected chi connectivity index (χ0v) is 11.3. The predicted molar refractivity (Wildman–Crippen MR) is 67.3 cm³/mol. The summed E-state index contributed by atoms with van der Waals surface area (Å²) in [4.78, 5) is 17.0. The Morgan fingerprint density at radius 1 is 1.58 bits per heavy atom. The Balaban J connectivity index is 1.89. The van der Waals surface area contributed by atoms with Crippen LogP contribution < -0.4 is 5.73 Å². The third-order valence-electron chi connectivity index (χ3n) is 3.00. The number of hydrogen-bond donors (Lipinski definition) is 1. The van der Waals surface area contributed by atoms with E-state index in [0.717, 1.165) is 19.5 Å². The van der Waals surface area contributed by atoms with Crippen LogP contribution in [-0.2, 0) is 11.3 Å². The summed E-state index contributed by atoms with van der Waals surface area (Å²) in [5, 5.41) is 3.53. The molecule has 0 spiro atoms. The number of carbonyl (C=O) groups is 1. The number of ether oxygens (including phenoxy) is 1. The van der Waals surface area contributed by atoms with Crippen LogP contribution in [0.15, 0.2) is 4.52 Å². The molecular weight excluding hydrogens is 248 g/mol. The molecule has 1 aliphatic rings. The van der Waals surface area contributed by atoms with Crippen LogP contribution in [0.5, 0.6) is 0 Å². The fourth-order valence-electron chi connectivity index (χ4n) is 2.20. The maximum absolute atomic E-state index is 10.9. The normalized spacial score (nSPS) is 20.9. The van der Waals surface area contributed by atoms with Crippen LogP contribution in [0.4, 0.5) is 0 Å². The molecule has 1 fully saturated rings. The summed E-state index contributed by atoms with van der Waals surface area (Å²) in [6.45, 7) is 7.25. The molecular formula is C12H20N4O3. The van der Waals surface area contributed by atoms with E-state index in [9.17, 15) is 4.79 Å². The van der Waals surface area contributed by atoms with Crippen molar-refractivity contribution >= 4 is 5.91 Å². The van der Waals surface area contributed by atoms with Gasteiger partial charge in [-0.1, -0.05) is 19.0 Å². The molecule has 106 valence electrons. The molecule has 1 saturated heterocycles. The first-order chi connectivity index (χ1) is 9.04. The van der Waals surface area contributed by atoms with Crippen LogP contribution in [0.3, 0.4) is 0 Å². The molecule has 0 bridgehead atoms. The van der Waals surface area contributed by atoms with Crippen LogP contribution in [0.25, 0.3) is 0 Å². The van der Waals surface area contributed by atoms with E-state index < -0.39 is 5.91 Å². The van der Waals surface area contributed by atoms with Crippen molar-refractivity contribution in [3.63, 3.8) is 0 Å². The van der Waals surface area contributed by atoms with Crippen LogP contribution in [0.1, 0.15) is 36.8 Å². The van der Waals surface area contributed by atoms with Crippen LogP contribution in [0.2, 0.25) is 0 Å². The standard InChI is InChI=1S/C12H20N4O3/c1-8(2)5-9-6-16(3-4-18-9)7-10-14-12(11(13)17)15-19-10/h8-9H,3-7H2,1-2H3,(H2,13,17)/t9-/m1/s1. The van der Waals surface area contributed by atoms with Gasteiger partial charge in [0.05, 0.1) is 19.3 Å². The highest BCUT2D eigenvalue weighted by Crippen LogP contribution is 2.15. The van der Waals surface area contributed by atoms with Gasteiger partial charge in [0, 0.05) is 13.1 Å². The smallest absolute Gasteiger partial charge is 0.290 e. The van der Waals surface area contributed by atoms with E-state index in [4.69, 9.17) is 15.0 Å². The van der Waals surface area contributed by atoms with Crippen molar-refractivity contribution in [1.29, 1.82) is 0 Å². The van der Waals surface area contributed by atoms with E-state index in [2.05, 4.69) is 28.9 Å². The van der Waals surface area contributed by atoms with Gasteiger partial charge in [0.15, 0.2) is 0 Å². The summed E-state index contributed by atoms with van der Waals surface area (Å²) >= 11 is 0. The molecule has 0 unspecified atom stereocenters. The predicted octanol–water partition coefficient (Wildman–Crippen LogP) is 0.415. The van der Waals surface area contributed by atoms with E-state index in [0.29, 0.717) is 25.0 Å². The highest BCUT2D eigenvalue weighted by atomic mass is 16.5. The molecule has 0 aromatic carbocycles. The Kier molecular flexibility index (Phi) is 4.49. The van der Waals surface area contributed by atoms with Crippen molar-refractivity contribution in [2.45, 2.75) is 32.9 Å². The first kappa shape index (κ1) is 14.0. The zero-order valence-electron chi connectivity index (χ0n) is 11.3. The van der Waals surface area contributed by atoms with Crippen LogP contribution in [-0.4, -0.2) is 46.7 Å². The number of primary amides is 1. The van der Waals surface area contributed by atoms with Gasteiger partial charge in [-0.2, -0.15) is 4.98 Å². The van der Waals surface area contributed by atoms with Gasteiger partial charge < -0.3 is 15.0 Å². The molecule has 2 N–H and O–H groups in total. The van der Waals surface area contributed by atoms with Crippen molar-refractivity contribution in [1.82, 2.24) is 15.0 Å². The number of rotatable bonds is 5. The maximum Gasteiger partial charge on any atom is 0.290 e. The lowest BCUT2D eigenvalue weighted by Crippen LogP contribution is -2.42. The zero-order chi connectivity index (χ0) is 13.8. The van der Waals surface area contributed by atoms with Gasteiger partial charge >= 0.3 is 0 Å². The quantitative estimate of drug-likeness (QED) is 0.831. The molecule has 1 aromatic heterocycles. The number of amides is 1. The fraction of sp³-hybridized carbons (Fsp3) is 0.750. The summed E-state index contributed by atoms with van der Waals surface area (Å²) < 4.78 is 10.7. The summed E-state index contributed by atoms with van der Waals surface area (Å²) in [6.07, 6.45) is 1.28. The Bertz CT molecular complexity index is 432. The monoisotopic (exact) mass is 268 g/mol. The Hall–Kier alpha value is -1.47. The molecule has 1 aliphatic heterocycles. The second kappa shape index (κ2) is 6.12. The molecule has 1 atom stereocenters. The minimum atomic E-state index is -0.672. The number of carbonyl (C=O) groups excluding carboxylic acids is 1. The van der Waals surface area contributed by atoms with Crippen molar-refractivity contribution in [3.05, 3.63) is 11.7 Å². The van der Waals surface area contributed by atoms with E-state index in [1.165, 1.54) is 0 Å². The number of morpholine rings is 1. The van der Waals surface area contributed by atoms with E-state index in [1.54, 1.807) is 0 Å². The molecule has 0 radical (unpaired) electrons. The first-order valence-electron chi connectivity index (χ1n) is 6.51. The minimum absolute atomic E-state index is 0.0676. The average Bonchev–Trinajstić information content (AvgIpc) is 2.77. The van der Waals surface area contributed by atoms with E-state index in [1.807, 2.05) is 0 Å². The van der Waals surface area contributed by atoms with Gasteiger partial charge in [-0.25, -0.2) is 0 Å². The Labute approximate surface area is 112 Å². The maximum atomic E-state index is 10.9. The van der Waals surface area contributed by atoms with Crippen LogP contribution >= 0.6 is 0 Å². The number of nitrogens with two attached hydrogens (primary N) is 1. The van der Waals surface area contributed by atoms with Gasteiger partial charge in [-0.05, 0) is 12.3 Å². The number of nitrogens with zero attached hydrogens (tertiary/aromatic N) is 3. The second-order valence-electron chi connectivity index (χ2n) is 5.23. The molecule has 2 rings (SSSR count). The Morgan fingerprint density at radius 2 is 2.37 bits per heavy atom. The third kappa shape index (κ3) is 4.00. The summed E-state index contributed by atoms with van der Waals surface area (Å²) in [5.74, 6) is 0.283. The van der Waals surface area contributed by atoms with Crippen LogP contribution in [0, 0.1) is 5.92 Å². The molecule has 7 heteroatoms. The topological polar surface area (TPSA) is 94.5 Å². The lowest BCUT2D eigenvalue weighted by Gasteiger charge is -2.32. The number of aromatic nitrogens is 2. The average molecular weight is 268 g/mol. The first-order valence-corrected chi connectivity index (χ1v) is 6.51. The summed E-state index contributed by atoms with van der Waals surface area (Å²) in [6, 6.07) is 0. The molecule has 2 heterocycles. The summed E-state index contributed by atoms with van der Waals surface area (Å²) in [7, 11) is 0. The molecule has 1 amide bonds. The van der Waals surface area contributed by atoms with Gasteiger partial charge in [-0.3, -0.25) is 9.69 Å². The van der Waals surface area contributed by atoms with Crippen molar-refractivity contribution < 1.29 is 14.1 Å². The second-order valence-corrected chi connectivity index (χ2v) is 5.23. The van der Waals surface area contributed by atoms with Gasteiger partial charge in [0.1, 0.15) is 0 Å². The van der Waals surface area contributed by atoms with Gasteiger partial charge in [-0.15, -0.1) is 0 Å². The van der Waals surface area contributed by atoms with Gasteiger partial charge in [0.2, 0.25) is 5.89 Å². The van der Waals surface area contributed by atoms with Crippen molar-refractivity contribution in [2.24, 2.45) is 11.7 Å². The van der Waals surface area contributed by atoms with Gasteiger partial charge in [0.25, 0.3) is 11.7 Å². The SMILES string of the molecule is CC(C)C[C@@H]1CN(Cc2nc(C(N)=O)no2)CCO1. The lowest BCUT2D eigenvalue weighted by atomic mass is 10.0. The number of hydrogen-bond acceptors (Lipinski definition) is 6. The minimum Gasteiger partial charge on any atom is -0.376 e. The lowest BCUT2D eigenvalue weighted by molar-refractivity contribution is -0.0424. The van der Waals surface area contributed by atoms with E-state index in [-0.39, 0.29) is 11.9 Å². The molecule has 19 heavy (non-hydrogen) atoms. The third-order valence-corrected chi connectivity index (χ3v) is 3.00. The molecule has 0 saturated carbocycles. The molecule has 0 aliphatic carbocycles. The summed E-state index contributed by atoms with van der Waals surface area (Å²) in [5.41, 5.74) is 5.08.